The first-order chi connectivity index (χ1) is 12.2. The summed E-state index contributed by atoms with van der Waals surface area (Å²) in [6, 6.07) is 19.3. The van der Waals surface area contributed by atoms with E-state index in [1.165, 1.54) is 0 Å². The van der Waals surface area contributed by atoms with Crippen molar-refractivity contribution in [3.8, 4) is 0 Å². The van der Waals surface area contributed by atoms with Crippen molar-refractivity contribution in [2.24, 2.45) is 10.3 Å². The number of carbonyl (C=O) groups is 1. The summed E-state index contributed by atoms with van der Waals surface area (Å²) in [7, 11) is 0. The van der Waals surface area contributed by atoms with E-state index < -0.39 is 0 Å². The second-order valence-corrected chi connectivity index (χ2v) is 5.41. The van der Waals surface area contributed by atoms with E-state index in [1.54, 1.807) is 13.8 Å². The van der Waals surface area contributed by atoms with E-state index in [1.807, 2.05) is 60.7 Å². The molecule has 0 atom stereocenters. The van der Waals surface area contributed by atoms with Crippen LogP contribution < -0.4 is 0 Å². The maximum atomic E-state index is 12.1. The highest BCUT2D eigenvalue weighted by Gasteiger charge is 2.15. The zero-order valence-electron chi connectivity index (χ0n) is 14.5. The molecular formula is C20H22N2O3. The number of oxime groups is 2. The first-order valence-electron chi connectivity index (χ1n) is 8.18. The van der Waals surface area contributed by atoms with Crippen molar-refractivity contribution >= 4 is 17.2 Å². The van der Waals surface area contributed by atoms with Crippen LogP contribution in [0, 0.1) is 0 Å². The summed E-state index contributed by atoms with van der Waals surface area (Å²) in [5.74, 6) is -0.141. The number of ketones is 1. The first-order valence-corrected chi connectivity index (χ1v) is 8.18. The molecule has 0 unspecified atom stereocenters. The molecule has 2 rings (SSSR count). The summed E-state index contributed by atoms with van der Waals surface area (Å²) < 4.78 is 0. The molecule has 2 aromatic rings. The molecule has 130 valence electrons. The molecule has 0 saturated carbocycles. The Morgan fingerprint density at radius 1 is 0.840 bits per heavy atom. The largest absolute Gasteiger partial charge is 0.391 e. The van der Waals surface area contributed by atoms with Crippen molar-refractivity contribution in [1.82, 2.24) is 0 Å². The number of nitrogens with zero attached hydrogens (tertiary/aromatic N) is 2. The Kier molecular flexibility index (Phi) is 7.38. The standard InChI is InChI=1S/C20H22N2O3/c1-3-19(23)20(22-25-15-18-12-8-5-9-13-18)16(2)21-24-14-17-10-6-4-7-11-17/h4-13H,3,14-15H2,1-2H3. The van der Waals surface area contributed by atoms with E-state index in [4.69, 9.17) is 9.68 Å². The molecule has 0 aromatic heterocycles. The minimum Gasteiger partial charge on any atom is -0.391 e. The molecule has 5 nitrogen and oxygen atoms in total. The first kappa shape index (κ1) is 18.4. The monoisotopic (exact) mass is 338 g/mol. The Labute approximate surface area is 147 Å². The summed E-state index contributed by atoms with van der Waals surface area (Å²) in [4.78, 5) is 22.7. The van der Waals surface area contributed by atoms with Crippen LogP contribution in [0.3, 0.4) is 0 Å². The van der Waals surface area contributed by atoms with Gasteiger partial charge in [-0.3, -0.25) is 4.79 Å². The molecule has 0 saturated heterocycles. The summed E-state index contributed by atoms with van der Waals surface area (Å²) in [6.07, 6.45) is 0.319. The molecular weight excluding hydrogens is 316 g/mol. The molecule has 0 heterocycles. The van der Waals surface area contributed by atoms with Crippen LogP contribution in [-0.2, 0) is 27.7 Å². The average Bonchev–Trinajstić information content (AvgIpc) is 2.66. The van der Waals surface area contributed by atoms with Gasteiger partial charge in [0.2, 0.25) is 0 Å². The Bertz CT molecular complexity index is 725. The van der Waals surface area contributed by atoms with Crippen LogP contribution in [0.4, 0.5) is 0 Å². The zero-order valence-corrected chi connectivity index (χ0v) is 14.5. The number of hydrogen-bond donors (Lipinski definition) is 0. The van der Waals surface area contributed by atoms with Gasteiger partial charge < -0.3 is 9.68 Å². The van der Waals surface area contributed by atoms with Crippen molar-refractivity contribution < 1.29 is 14.5 Å². The molecule has 2 aromatic carbocycles. The molecule has 0 bridgehead atoms. The van der Waals surface area contributed by atoms with E-state index in [0.717, 1.165) is 11.1 Å². The highest BCUT2D eigenvalue weighted by atomic mass is 16.6. The van der Waals surface area contributed by atoms with Crippen LogP contribution >= 0.6 is 0 Å². The van der Waals surface area contributed by atoms with Gasteiger partial charge in [0.1, 0.15) is 18.9 Å². The molecule has 0 fully saturated rings. The third-order valence-corrected chi connectivity index (χ3v) is 3.43. The topological polar surface area (TPSA) is 60.2 Å². The molecule has 5 heteroatoms. The summed E-state index contributed by atoms with van der Waals surface area (Å²) in [5, 5.41) is 7.97. The molecule has 0 aliphatic carbocycles. The molecule has 0 aliphatic heterocycles. The molecule has 0 spiro atoms. The fraction of sp³-hybridized carbons (Fsp3) is 0.250. The van der Waals surface area contributed by atoms with Gasteiger partial charge in [0.15, 0.2) is 11.5 Å². The van der Waals surface area contributed by atoms with Crippen molar-refractivity contribution in [2.45, 2.75) is 33.5 Å². The second-order valence-electron chi connectivity index (χ2n) is 5.41. The van der Waals surface area contributed by atoms with Gasteiger partial charge in [0.25, 0.3) is 0 Å². The molecule has 0 N–H and O–H groups in total. The van der Waals surface area contributed by atoms with Crippen LogP contribution in [-0.4, -0.2) is 17.2 Å². The normalized spacial score (nSPS) is 11.9. The van der Waals surface area contributed by atoms with Crippen LogP contribution in [0.1, 0.15) is 31.4 Å². The predicted molar refractivity (Wildman–Crippen MR) is 98.3 cm³/mol. The van der Waals surface area contributed by atoms with Gasteiger partial charge in [0, 0.05) is 6.42 Å². The number of benzene rings is 2. The van der Waals surface area contributed by atoms with Gasteiger partial charge in [-0.25, -0.2) is 0 Å². The third-order valence-electron chi connectivity index (χ3n) is 3.43. The zero-order chi connectivity index (χ0) is 17.9. The number of Topliss-reactive ketones (excluding diaryl/α,β-unsaturated/α-hetero) is 1. The summed E-state index contributed by atoms with van der Waals surface area (Å²) >= 11 is 0. The number of hydrogen-bond acceptors (Lipinski definition) is 5. The quantitative estimate of drug-likeness (QED) is 0.510. The van der Waals surface area contributed by atoms with Crippen LogP contribution in [0.2, 0.25) is 0 Å². The molecule has 0 radical (unpaired) electrons. The minimum atomic E-state index is -0.141. The Morgan fingerprint density at radius 3 is 1.80 bits per heavy atom. The van der Waals surface area contributed by atoms with E-state index in [2.05, 4.69) is 10.3 Å². The lowest BCUT2D eigenvalue weighted by Crippen LogP contribution is -2.22. The summed E-state index contributed by atoms with van der Waals surface area (Å²) in [6.45, 7) is 4.08. The fourth-order valence-electron chi connectivity index (χ4n) is 2.05. The fourth-order valence-corrected chi connectivity index (χ4v) is 2.05. The van der Waals surface area contributed by atoms with E-state index in [0.29, 0.717) is 25.3 Å². The lowest BCUT2D eigenvalue weighted by Gasteiger charge is -2.06. The number of rotatable bonds is 9. The Hall–Kier alpha value is -2.95. The Morgan fingerprint density at radius 2 is 1.32 bits per heavy atom. The molecule has 0 amide bonds. The van der Waals surface area contributed by atoms with Gasteiger partial charge in [-0.15, -0.1) is 0 Å². The number of carbonyl (C=O) groups excluding carboxylic acids is 1. The van der Waals surface area contributed by atoms with E-state index in [9.17, 15) is 4.79 Å². The van der Waals surface area contributed by atoms with Crippen molar-refractivity contribution in [2.75, 3.05) is 0 Å². The second kappa shape index (κ2) is 10.0. The highest BCUT2D eigenvalue weighted by molar-refractivity contribution is 6.66. The van der Waals surface area contributed by atoms with Gasteiger partial charge in [0.05, 0.1) is 0 Å². The third kappa shape index (κ3) is 6.22. The van der Waals surface area contributed by atoms with E-state index in [-0.39, 0.29) is 11.5 Å². The lowest BCUT2D eigenvalue weighted by atomic mass is 10.1. The van der Waals surface area contributed by atoms with Gasteiger partial charge >= 0.3 is 0 Å². The highest BCUT2D eigenvalue weighted by Crippen LogP contribution is 2.04. The predicted octanol–water partition coefficient (Wildman–Crippen LogP) is 4.13. The maximum Gasteiger partial charge on any atom is 0.186 e. The maximum absolute atomic E-state index is 12.1. The minimum absolute atomic E-state index is 0.141. The Balaban J connectivity index is 1.98. The van der Waals surface area contributed by atoms with Gasteiger partial charge in [-0.2, -0.15) is 0 Å². The lowest BCUT2D eigenvalue weighted by molar-refractivity contribution is -0.112. The smallest absolute Gasteiger partial charge is 0.186 e. The van der Waals surface area contributed by atoms with E-state index >= 15 is 0 Å². The van der Waals surface area contributed by atoms with Crippen LogP contribution in [0.25, 0.3) is 0 Å². The van der Waals surface area contributed by atoms with Crippen molar-refractivity contribution in [1.29, 1.82) is 0 Å². The van der Waals surface area contributed by atoms with Crippen molar-refractivity contribution in [3.63, 3.8) is 0 Å². The van der Waals surface area contributed by atoms with Crippen LogP contribution in [0.15, 0.2) is 71.0 Å². The average molecular weight is 338 g/mol. The van der Waals surface area contributed by atoms with Gasteiger partial charge in [-0.1, -0.05) is 77.9 Å². The summed E-state index contributed by atoms with van der Waals surface area (Å²) in [5.41, 5.74) is 2.56. The van der Waals surface area contributed by atoms with Crippen LogP contribution in [0.5, 0.6) is 0 Å². The molecule has 25 heavy (non-hydrogen) atoms. The van der Waals surface area contributed by atoms with Gasteiger partial charge in [-0.05, 0) is 18.1 Å². The van der Waals surface area contributed by atoms with Crippen molar-refractivity contribution in [3.05, 3.63) is 71.8 Å². The SMILES string of the molecule is CCC(=O)C(=NOCc1ccccc1)C(C)=NOCc1ccccc1. The molecule has 0 aliphatic rings.